The predicted molar refractivity (Wildman–Crippen MR) is 78.1 cm³/mol. The minimum Gasteiger partial charge on any atom is -0.333 e. The van der Waals surface area contributed by atoms with E-state index < -0.39 is 4.92 Å². The number of nitrogens with one attached hydrogen (secondary N) is 1. The number of hydrogen-bond acceptors (Lipinski definition) is 4. The number of nitro benzene ring substituents is 1. The average Bonchev–Trinajstić information content (AvgIpc) is 3.00. The molecule has 0 radical (unpaired) electrons. The lowest BCUT2D eigenvalue weighted by Gasteiger charge is -2.35. The molecule has 1 amide bonds. The highest BCUT2D eigenvalue weighted by Crippen LogP contribution is 2.41. The Morgan fingerprint density at radius 2 is 2.10 bits per heavy atom. The van der Waals surface area contributed by atoms with Gasteiger partial charge in [-0.15, -0.1) is 0 Å². The van der Waals surface area contributed by atoms with Gasteiger partial charge in [-0.1, -0.05) is 12.1 Å². The molecule has 6 nitrogen and oxygen atoms in total. The van der Waals surface area contributed by atoms with Crippen LogP contribution in [-0.4, -0.2) is 40.9 Å². The summed E-state index contributed by atoms with van der Waals surface area (Å²) in [6.07, 6.45) is 0. The summed E-state index contributed by atoms with van der Waals surface area (Å²) >= 11 is 0. The topological polar surface area (TPSA) is 75.5 Å². The maximum atomic E-state index is 12.8. The summed E-state index contributed by atoms with van der Waals surface area (Å²) in [5.41, 5.74) is -0.216. The summed E-state index contributed by atoms with van der Waals surface area (Å²) in [5.74, 6) is 0.609. The molecule has 2 aliphatic heterocycles. The molecule has 1 N–H and O–H groups in total. The molecule has 0 spiro atoms. The van der Waals surface area contributed by atoms with Crippen LogP contribution in [0.1, 0.15) is 24.2 Å². The smallest absolute Gasteiger partial charge is 0.282 e. The molecular weight excluding hydrogens is 270 g/mol. The monoisotopic (exact) mass is 289 g/mol. The first-order valence-corrected chi connectivity index (χ1v) is 7.19. The van der Waals surface area contributed by atoms with Crippen molar-refractivity contribution in [3.8, 4) is 0 Å². The highest BCUT2D eigenvalue weighted by Gasteiger charge is 2.51. The van der Waals surface area contributed by atoms with E-state index in [4.69, 9.17) is 0 Å². The first-order chi connectivity index (χ1) is 9.93. The molecule has 0 aliphatic carbocycles. The number of rotatable bonds is 2. The Bertz CT molecular complexity index is 600. The molecule has 2 atom stereocenters. The van der Waals surface area contributed by atoms with Crippen molar-refractivity contribution in [3.05, 3.63) is 39.9 Å². The lowest BCUT2D eigenvalue weighted by Crippen LogP contribution is -2.47. The quantitative estimate of drug-likeness (QED) is 0.663. The molecule has 0 saturated carbocycles. The van der Waals surface area contributed by atoms with Crippen LogP contribution in [-0.2, 0) is 0 Å². The summed E-state index contributed by atoms with van der Waals surface area (Å²) in [6, 6.07) is 6.19. The zero-order valence-corrected chi connectivity index (χ0v) is 12.2. The van der Waals surface area contributed by atoms with E-state index in [1.165, 1.54) is 6.07 Å². The normalized spacial score (nSPS) is 26.7. The molecule has 2 fully saturated rings. The second kappa shape index (κ2) is 4.80. The number of nitro groups is 1. The zero-order chi connectivity index (χ0) is 15.2. The molecule has 1 aromatic carbocycles. The second-order valence-corrected chi connectivity index (χ2v) is 6.37. The summed E-state index contributed by atoms with van der Waals surface area (Å²) in [7, 11) is 0. The van der Waals surface area contributed by atoms with Gasteiger partial charge in [0.2, 0.25) is 0 Å². The standard InChI is InChI=1S/C15H19N3O3/c1-15(2)12-8-16-7-10(12)9-17(15)14(19)11-5-3-4-6-13(11)18(20)21/h3-6,10,12,16H,7-9H2,1-2H3. The van der Waals surface area contributed by atoms with Crippen molar-refractivity contribution in [2.45, 2.75) is 19.4 Å². The Hall–Kier alpha value is -1.95. The van der Waals surface area contributed by atoms with Gasteiger partial charge in [-0.25, -0.2) is 0 Å². The number of likely N-dealkylation sites (tertiary alicyclic amines) is 1. The summed E-state index contributed by atoms with van der Waals surface area (Å²) in [5, 5.41) is 14.5. The molecular formula is C15H19N3O3. The number of amides is 1. The van der Waals surface area contributed by atoms with Crippen LogP contribution in [0, 0.1) is 22.0 Å². The molecule has 1 aromatic rings. The summed E-state index contributed by atoms with van der Waals surface area (Å²) < 4.78 is 0. The predicted octanol–water partition coefficient (Wildman–Crippen LogP) is 1.66. The van der Waals surface area contributed by atoms with E-state index in [2.05, 4.69) is 19.2 Å². The number of nitrogens with zero attached hydrogens (tertiary/aromatic N) is 2. The molecule has 2 unspecified atom stereocenters. The lowest BCUT2D eigenvalue weighted by atomic mass is 9.84. The van der Waals surface area contributed by atoms with Gasteiger partial charge in [0, 0.05) is 31.2 Å². The van der Waals surface area contributed by atoms with Crippen molar-refractivity contribution in [3.63, 3.8) is 0 Å². The molecule has 21 heavy (non-hydrogen) atoms. The maximum absolute atomic E-state index is 12.8. The Labute approximate surface area is 123 Å². The first kappa shape index (κ1) is 14.0. The zero-order valence-electron chi connectivity index (χ0n) is 12.2. The molecule has 0 bridgehead atoms. The maximum Gasteiger partial charge on any atom is 0.282 e. The summed E-state index contributed by atoms with van der Waals surface area (Å²) in [6.45, 7) is 6.58. The van der Waals surface area contributed by atoms with Gasteiger partial charge in [-0.3, -0.25) is 14.9 Å². The van der Waals surface area contributed by atoms with E-state index in [9.17, 15) is 14.9 Å². The van der Waals surface area contributed by atoms with Crippen molar-refractivity contribution in [2.24, 2.45) is 11.8 Å². The molecule has 2 aliphatic rings. The number of carbonyl (C=O) groups is 1. The lowest BCUT2D eigenvalue weighted by molar-refractivity contribution is -0.385. The van der Waals surface area contributed by atoms with Gasteiger partial charge in [0.25, 0.3) is 11.6 Å². The molecule has 2 heterocycles. The highest BCUT2D eigenvalue weighted by molar-refractivity contribution is 5.98. The van der Waals surface area contributed by atoms with Crippen molar-refractivity contribution in [1.29, 1.82) is 0 Å². The SMILES string of the molecule is CC1(C)C2CNCC2CN1C(=O)c1ccccc1[N+](=O)[O-]. The van der Waals surface area contributed by atoms with Gasteiger partial charge in [-0.2, -0.15) is 0 Å². The number of benzene rings is 1. The minimum absolute atomic E-state index is 0.117. The molecule has 6 heteroatoms. The van der Waals surface area contributed by atoms with E-state index >= 15 is 0 Å². The van der Waals surface area contributed by atoms with Crippen LogP contribution in [0.2, 0.25) is 0 Å². The van der Waals surface area contributed by atoms with Crippen molar-refractivity contribution < 1.29 is 9.72 Å². The van der Waals surface area contributed by atoms with Crippen molar-refractivity contribution in [1.82, 2.24) is 10.2 Å². The van der Waals surface area contributed by atoms with Gasteiger partial charge < -0.3 is 10.2 Å². The Morgan fingerprint density at radius 3 is 2.76 bits per heavy atom. The molecule has 2 saturated heterocycles. The van der Waals surface area contributed by atoms with Crippen LogP contribution >= 0.6 is 0 Å². The fraction of sp³-hybridized carbons (Fsp3) is 0.533. The number of fused-ring (bicyclic) bond motifs is 1. The van der Waals surface area contributed by atoms with E-state index in [1.807, 2.05) is 4.90 Å². The van der Waals surface area contributed by atoms with Crippen LogP contribution in [0.3, 0.4) is 0 Å². The highest BCUT2D eigenvalue weighted by atomic mass is 16.6. The largest absolute Gasteiger partial charge is 0.333 e. The van der Waals surface area contributed by atoms with Crippen molar-refractivity contribution in [2.75, 3.05) is 19.6 Å². The number of carbonyl (C=O) groups excluding carboxylic acids is 1. The van der Waals surface area contributed by atoms with Gasteiger partial charge in [0.1, 0.15) is 5.56 Å². The van der Waals surface area contributed by atoms with Crippen LogP contribution in [0.5, 0.6) is 0 Å². The van der Waals surface area contributed by atoms with Gasteiger partial charge >= 0.3 is 0 Å². The third-order valence-electron chi connectivity index (χ3n) is 4.94. The second-order valence-electron chi connectivity index (χ2n) is 6.37. The molecule has 3 rings (SSSR count). The molecule has 0 aromatic heterocycles. The summed E-state index contributed by atoms with van der Waals surface area (Å²) in [4.78, 5) is 25.3. The third-order valence-corrected chi connectivity index (χ3v) is 4.94. The number of hydrogen-bond donors (Lipinski definition) is 1. The van der Waals surface area contributed by atoms with Crippen LogP contribution in [0.15, 0.2) is 24.3 Å². The number of para-hydroxylation sites is 1. The van der Waals surface area contributed by atoms with E-state index in [0.717, 1.165) is 13.1 Å². The third kappa shape index (κ3) is 2.10. The minimum atomic E-state index is -0.487. The van der Waals surface area contributed by atoms with E-state index in [-0.39, 0.29) is 22.7 Å². The Morgan fingerprint density at radius 1 is 1.38 bits per heavy atom. The van der Waals surface area contributed by atoms with Crippen LogP contribution in [0.4, 0.5) is 5.69 Å². The van der Waals surface area contributed by atoms with Crippen LogP contribution < -0.4 is 5.32 Å². The Balaban J connectivity index is 1.95. The van der Waals surface area contributed by atoms with E-state index in [0.29, 0.717) is 18.4 Å². The first-order valence-electron chi connectivity index (χ1n) is 7.19. The van der Waals surface area contributed by atoms with Gasteiger partial charge in [0.05, 0.1) is 4.92 Å². The van der Waals surface area contributed by atoms with Crippen molar-refractivity contribution >= 4 is 11.6 Å². The van der Waals surface area contributed by atoms with Gasteiger partial charge in [0.15, 0.2) is 0 Å². The van der Waals surface area contributed by atoms with Gasteiger partial charge in [-0.05, 0) is 31.7 Å². The fourth-order valence-electron chi connectivity index (χ4n) is 3.73. The molecule has 112 valence electrons. The van der Waals surface area contributed by atoms with Crippen LogP contribution in [0.25, 0.3) is 0 Å². The Kier molecular flexibility index (Phi) is 3.20. The average molecular weight is 289 g/mol. The van der Waals surface area contributed by atoms with E-state index in [1.54, 1.807) is 18.2 Å². The fourth-order valence-corrected chi connectivity index (χ4v) is 3.73.